The number of nitrogens with zero attached hydrogens (tertiary/aromatic N) is 2. The van der Waals surface area contributed by atoms with Gasteiger partial charge in [-0.3, -0.25) is 0 Å². The first-order chi connectivity index (χ1) is 8.63. The lowest BCUT2D eigenvalue weighted by atomic mass is 10.2. The van der Waals surface area contributed by atoms with Crippen molar-refractivity contribution in [2.75, 3.05) is 16.5 Å². The van der Waals surface area contributed by atoms with E-state index in [9.17, 15) is 0 Å². The Balaban J connectivity index is 2.37. The van der Waals surface area contributed by atoms with E-state index >= 15 is 0 Å². The molecule has 1 heterocycles. The number of nitrogens with two attached hydrogens (primary N) is 2. The molecule has 1 aromatic carbocycles. The highest BCUT2D eigenvalue weighted by molar-refractivity contribution is 6.31. The molecule has 0 saturated heterocycles. The minimum atomic E-state index is 0.347. The van der Waals surface area contributed by atoms with Crippen molar-refractivity contribution in [2.45, 2.75) is 6.92 Å². The maximum Gasteiger partial charge on any atom is 0.168 e. The molecule has 6 nitrogen and oxygen atoms in total. The summed E-state index contributed by atoms with van der Waals surface area (Å²) in [4.78, 5) is 7.97. The monoisotopic (exact) mass is 264 g/mol. The van der Waals surface area contributed by atoms with Gasteiger partial charge in [-0.05, 0) is 24.6 Å². The van der Waals surface area contributed by atoms with E-state index in [1.165, 1.54) is 6.33 Å². The molecule has 7 heteroatoms. The minimum Gasteiger partial charge on any atom is -0.393 e. The molecule has 0 aliphatic carbocycles. The van der Waals surface area contributed by atoms with Crippen LogP contribution in [0.25, 0.3) is 0 Å². The Bertz CT molecular complexity index is 571. The second-order valence-electron chi connectivity index (χ2n) is 3.67. The predicted octanol–water partition coefficient (Wildman–Crippen LogP) is 2.05. The van der Waals surface area contributed by atoms with Gasteiger partial charge in [0.1, 0.15) is 12.0 Å². The molecule has 1 aromatic heterocycles. The lowest BCUT2D eigenvalue weighted by Crippen LogP contribution is -2.12. The zero-order valence-corrected chi connectivity index (χ0v) is 10.5. The van der Waals surface area contributed by atoms with Gasteiger partial charge in [-0.15, -0.1) is 0 Å². The standard InChI is InChI=1S/C11H13ClN6/c1-6-7(12)3-2-4-8(6)17-10-9(13)11(18-14)16-5-15-10/h2-5H,13-14H2,1H3,(H2,15,16,17,18). The largest absolute Gasteiger partial charge is 0.393 e. The van der Waals surface area contributed by atoms with Gasteiger partial charge >= 0.3 is 0 Å². The highest BCUT2D eigenvalue weighted by Crippen LogP contribution is 2.29. The summed E-state index contributed by atoms with van der Waals surface area (Å²) in [5, 5.41) is 3.77. The van der Waals surface area contributed by atoms with E-state index in [1.54, 1.807) is 0 Å². The molecular formula is C11H13ClN6. The number of halogens is 1. The van der Waals surface area contributed by atoms with Gasteiger partial charge in [0.15, 0.2) is 11.6 Å². The molecule has 6 N–H and O–H groups in total. The molecule has 94 valence electrons. The summed E-state index contributed by atoms with van der Waals surface area (Å²) >= 11 is 6.04. The summed E-state index contributed by atoms with van der Waals surface area (Å²) in [5.74, 6) is 6.14. The maximum absolute atomic E-state index is 6.04. The Morgan fingerprint density at radius 2 is 1.94 bits per heavy atom. The normalized spacial score (nSPS) is 10.2. The Morgan fingerprint density at radius 3 is 2.67 bits per heavy atom. The number of benzene rings is 1. The zero-order valence-electron chi connectivity index (χ0n) is 9.74. The second-order valence-corrected chi connectivity index (χ2v) is 4.07. The van der Waals surface area contributed by atoms with Gasteiger partial charge in [0, 0.05) is 10.7 Å². The lowest BCUT2D eigenvalue weighted by molar-refractivity contribution is 1.14. The zero-order chi connectivity index (χ0) is 13.1. The fourth-order valence-corrected chi connectivity index (χ4v) is 1.66. The summed E-state index contributed by atoms with van der Waals surface area (Å²) in [6.07, 6.45) is 1.37. The van der Waals surface area contributed by atoms with Gasteiger partial charge < -0.3 is 16.5 Å². The van der Waals surface area contributed by atoms with E-state index in [1.807, 2.05) is 25.1 Å². The molecule has 0 bridgehead atoms. The number of nitrogen functional groups attached to an aromatic ring is 2. The van der Waals surface area contributed by atoms with Gasteiger partial charge in [0.25, 0.3) is 0 Å². The highest BCUT2D eigenvalue weighted by Gasteiger charge is 2.09. The molecule has 18 heavy (non-hydrogen) atoms. The van der Waals surface area contributed by atoms with Crippen LogP contribution in [0.5, 0.6) is 0 Å². The molecule has 2 rings (SSSR count). The fraction of sp³-hybridized carbons (Fsp3) is 0.0909. The van der Waals surface area contributed by atoms with Crippen molar-refractivity contribution < 1.29 is 0 Å². The Labute approximate surface area is 109 Å². The van der Waals surface area contributed by atoms with E-state index in [0.29, 0.717) is 22.3 Å². The molecule has 0 amide bonds. The van der Waals surface area contributed by atoms with Gasteiger partial charge in [-0.1, -0.05) is 17.7 Å². The second kappa shape index (κ2) is 5.07. The minimum absolute atomic E-state index is 0.347. The Hall–Kier alpha value is -2.05. The summed E-state index contributed by atoms with van der Waals surface area (Å²) in [5.41, 5.74) is 10.4. The Kier molecular flexibility index (Phi) is 3.50. The van der Waals surface area contributed by atoms with Crippen molar-refractivity contribution in [1.82, 2.24) is 9.97 Å². The van der Waals surface area contributed by atoms with Gasteiger partial charge in [-0.2, -0.15) is 0 Å². The number of hydrogen-bond acceptors (Lipinski definition) is 6. The molecular weight excluding hydrogens is 252 g/mol. The van der Waals surface area contributed by atoms with Crippen LogP contribution in [0, 0.1) is 6.92 Å². The van der Waals surface area contributed by atoms with Crippen LogP contribution < -0.4 is 22.3 Å². The van der Waals surface area contributed by atoms with Crippen molar-refractivity contribution in [3.05, 3.63) is 35.1 Å². The third kappa shape index (κ3) is 2.29. The first-order valence-electron chi connectivity index (χ1n) is 5.22. The summed E-state index contributed by atoms with van der Waals surface area (Å²) < 4.78 is 0. The molecule has 0 atom stereocenters. The molecule has 0 unspecified atom stereocenters. The smallest absolute Gasteiger partial charge is 0.168 e. The number of hydrogen-bond donors (Lipinski definition) is 4. The van der Waals surface area contributed by atoms with Crippen LogP contribution in [0.2, 0.25) is 5.02 Å². The van der Waals surface area contributed by atoms with Crippen LogP contribution in [0.1, 0.15) is 5.56 Å². The quantitative estimate of drug-likeness (QED) is 0.500. The van der Waals surface area contributed by atoms with Gasteiger partial charge in [0.2, 0.25) is 0 Å². The Morgan fingerprint density at radius 1 is 1.22 bits per heavy atom. The van der Waals surface area contributed by atoms with Crippen molar-refractivity contribution >= 4 is 34.6 Å². The van der Waals surface area contributed by atoms with E-state index in [-0.39, 0.29) is 0 Å². The number of rotatable bonds is 3. The van der Waals surface area contributed by atoms with Crippen molar-refractivity contribution in [3.8, 4) is 0 Å². The molecule has 0 aliphatic rings. The van der Waals surface area contributed by atoms with Crippen molar-refractivity contribution in [2.24, 2.45) is 5.84 Å². The SMILES string of the molecule is Cc1c(Cl)cccc1Nc1ncnc(NN)c1N. The van der Waals surface area contributed by atoms with E-state index in [4.69, 9.17) is 23.2 Å². The van der Waals surface area contributed by atoms with E-state index in [0.717, 1.165) is 11.3 Å². The third-order valence-electron chi connectivity index (χ3n) is 2.54. The molecule has 2 aromatic rings. The van der Waals surface area contributed by atoms with Gasteiger partial charge in [-0.25, -0.2) is 15.8 Å². The maximum atomic E-state index is 6.04. The van der Waals surface area contributed by atoms with Crippen molar-refractivity contribution in [3.63, 3.8) is 0 Å². The average Bonchev–Trinajstić information content (AvgIpc) is 2.37. The van der Waals surface area contributed by atoms with Crippen molar-refractivity contribution in [1.29, 1.82) is 0 Å². The topological polar surface area (TPSA) is 102 Å². The first kappa shape index (κ1) is 12.4. The average molecular weight is 265 g/mol. The molecule has 0 fully saturated rings. The lowest BCUT2D eigenvalue weighted by Gasteiger charge is -2.12. The number of nitrogens with one attached hydrogen (secondary N) is 2. The summed E-state index contributed by atoms with van der Waals surface area (Å²) in [6.45, 7) is 1.91. The van der Waals surface area contributed by atoms with Crippen LogP contribution in [-0.4, -0.2) is 9.97 Å². The van der Waals surface area contributed by atoms with Crippen LogP contribution in [0.3, 0.4) is 0 Å². The van der Waals surface area contributed by atoms with Crippen LogP contribution in [-0.2, 0) is 0 Å². The third-order valence-corrected chi connectivity index (χ3v) is 2.95. The number of hydrazine groups is 1. The van der Waals surface area contributed by atoms with Crippen LogP contribution >= 0.6 is 11.6 Å². The van der Waals surface area contributed by atoms with E-state index in [2.05, 4.69) is 20.7 Å². The molecule has 0 aliphatic heterocycles. The molecule has 0 radical (unpaired) electrons. The summed E-state index contributed by atoms with van der Waals surface area (Å²) in [7, 11) is 0. The number of anilines is 4. The fourth-order valence-electron chi connectivity index (χ4n) is 1.48. The molecule has 0 spiro atoms. The summed E-state index contributed by atoms with van der Waals surface area (Å²) in [6, 6.07) is 5.55. The van der Waals surface area contributed by atoms with E-state index < -0.39 is 0 Å². The first-order valence-corrected chi connectivity index (χ1v) is 5.60. The highest BCUT2D eigenvalue weighted by atomic mass is 35.5. The predicted molar refractivity (Wildman–Crippen MR) is 73.7 cm³/mol. The number of aromatic nitrogens is 2. The molecule has 0 saturated carbocycles. The van der Waals surface area contributed by atoms with Gasteiger partial charge in [0.05, 0.1) is 0 Å². The van der Waals surface area contributed by atoms with Crippen LogP contribution in [0.4, 0.5) is 23.0 Å². The van der Waals surface area contributed by atoms with Crippen LogP contribution in [0.15, 0.2) is 24.5 Å².